The molecule has 5 nitrogen and oxygen atoms in total. The van der Waals surface area contributed by atoms with Crippen LogP contribution in [0.15, 0.2) is 40.4 Å². The van der Waals surface area contributed by atoms with E-state index in [9.17, 15) is 18.0 Å². The third kappa shape index (κ3) is 17.0. The summed E-state index contributed by atoms with van der Waals surface area (Å²) < 4.78 is 50.0. The van der Waals surface area contributed by atoms with E-state index in [1.54, 1.807) is 33.1 Å². The lowest BCUT2D eigenvalue weighted by Gasteiger charge is -2.26. The molecule has 0 spiro atoms. The zero-order chi connectivity index (χ0) is 28.6. The molecule has 1 aliphatic rings. The topological polar surface area (TPSA) is 59.9 Å². The normalized spacial score (nSPS) is 18.5. The van der Waals surface area contributed by atoms with Crippen molar-refractivity contribution in [2.45, 2.75) is 85.9 Å². The first-order valence-corrected chi connectivity index (χ1v) is 12.6. The molecule has 0 saturated heterocycles. The van der Waals surface area contributed by atoms with Gasteiger partial charge in [0.1, 0.15) is 0 Å². The number of rotatable bonds is 9. The van der Waals surface area contributed by atoms with E-state index in [0.29, 0.717) is 5.57 Å². The van der Waals surface area contributed by atoms with Gasteiger partial charge in [0.05, 0.1) is 31.9 Å². The van der Waals surface area contributed by atoms with Crippen molar-refractivity contribution in [3.63, 3.8) is 0 Å². The van der Waals surface area contributed by atoms with Crippen LogP contribution in [-0.4, -0.2) is 51.4 Å². The van der Waals surface area contributed by atoms with E-state index in [-0.39, 0.29) is 43.3 Å². The molecule has 1 amide bonds. The van der Waals surface area contributed by atoms with Crippen LogP contribution in [0.25, 0.3) is 0 Å². The molecule has 0 radical (unpaired) electrons. The predicted molar refractivity (Wildman–Crippen MR) is 145 cm³/mol. The maximum atomic E-state index is 13.2. The van der Waals surface area contributed by atoms with E-state index in [0.717, 1.165) is 37.8 Å². The highest BCUT2D eigenvalue weighted by molar-refractivity contribution is 5.86. The molecule has 1 rings (SSSR count). The van der Waals surface area contributed by atoms with Crippen LogP contribution in [0.1, 0.15) is 73.6 Å². The van der Waals surface area contributed by atoms with Gasteiger partial charge in [-0.1, -0.05) is 52.8 Å². The lowest BCUT2D eigenvalue weighted by atomic mass is 9.87. The standard InChI is InChI=1S/C22H33F3N2O3.2C2H6.C2H2/c1-5-7-16(13-18(8-6-2)22(23,24)25)14-26-20(30-4)15-27-21(28)17-9-11-19(29-3)12-10-17;3*1-2/h5,7-8,13,17,19H,6,9-12,14-15H2,1-4H3,(H,27,28);2*1-2H3;1-2H/b7-5-,16-13+,18-8-,26-20?;;;. The van der Waals surface area contributed by atoms with Gasteiger partial charge in [-0.25, -0.2) is 4.99 Å². The number of nitrogens with zero attached hydrogens (tertiary/aromatic N) is 1. The van der Waals surface area contributed by atoms with Gasteiger partial charge in [0, 0.05) is 13.0 Å². The minimum absolute atomic E-state index is 0.0134. The van der Waals surface area contributed by atoms with Gasteiger partial charge in [-0.3, -0.25) is 4.79 Å². The number of hydrogen-bond acceptors (Lipinski definition) is 4. The smallest absolute Gasteiger partial charge is 0.416 e. The highest BCUT2D eigenvalue weighted by Gasteiger charge is 2.31. The van der Waals surface area contributed by atoms with E-state index in [1.165, 1.54) is 7.11 Å². The minimum Gasteiger partial charge on any atom is -0.483 e. The molecule has 0 aliphatic heterocycles. The van der Waals surface area contributed by atoms with Crippen LogP contribution in [0.3, 0.4) is 0 Å². The van der Waals surface area contributed by atoms with E-state index in [1.807, 2.05) is 27.7 Å². The number of carbonyl (C=O) groups excluding carboxylic acids is 1. The third-order valence-electron chi connectivity index (χ3n) is 4.94. The molecule has 0 unspecified atom stereocenters. The summed E-state index contributed by atoms with van der Waals surface area (Å²) in [6.07, 6.45) is 12.8. The molecule has 1 saturated carbocycles. The van der Waals surface area contributed by atoms with Gasteiger partial charge in [-0.05, 0) is 50.7 Å². The monoisotopic (exact) mass is 516 g/mol. The van der Waals surface area contributed by atoms with Gasteiger partial charge in [-0.2, -0.15) is 13.2 Å². The fourth-order valence-electron chi connectivity index (χ4n) is 3.28. The van der Waals surface area contributed by atoms with Crippen molar-refractivity contribution in [2.24, 2.45) is 10.9 Å². The minimum atomic E-state index is -4.42. The molecule has 0 heterocycles. The van der Waals surface area contributed by atoms with Crippen molar-refractivity contribution in [2.75, 3.05) is 27.3 Å². The van der Waals surface area contributed by atoms with Gasteiger partial charge >= 0.3 is 6.18 Å². The lowest BCUT2D eigenvalue weighted by molar-refractivity contribution is -0.126. The highest BCUT2D eigenvalue weighted by Crippen LogP contribution is 2.28. The van der Waals surface area contributed by atoms with E-state index < -0.39 is 11.7 Å². The molecule has 36 heavy (non-hydrogen) atoms. The average Bonchev–Trinajstić information content (AvgIpc) is 2.91. The Bertz CT molecular complexity index is 701. The number of amides is 1. The quantitative estimate of drug-likeness (QED) is 0.155. The number of halogens is 3. The van der Waals surface area contributed by atoms with Crippen molar-refractivity contribution in [3.05, 3.63) is 35.5 Å². The maximum Gasteiger partial charge on any atom is 0.416 e. The molecule has 1 aliphatic carbocycles. The van der Waals surface area contributed by atoms with Gasteiger partial charge < -0.3 is 14.8 Å². The van der Waals surface area contributed by atoms with Crippen LogP contribution in [0.2, 0.25) is 0 Å². The summed E-state index contributed by atoms with van der Waals surface area (Å²) in [4.78, 5) is 16.6. The SMILES string of the molecule is C#C.CC.CC.C\C=C/C(=C\C(=C\CC)C(F)(F)F)CN=C(CNC(=O)C1CCC(OC)CC1)OC. The van der Waals surface area contributed by atoms with E-state index >= 15 is 0 Å². The number of alkyl halides is 3. The maximum absolute atomic E-state index is 13.2. The first kappa shape index (κ1) is 38.0. The van der Waals surface area contributed by atoms with Crippen LogP contribution >= 0.6 is 0 Å². The number of carbonyl (C=O) groups is 1. The molecule has 0 aromatic carbocycles. The average molecular weight is 517 g/mol. The van der Waals surface area contributed by atoms with Crippen LogP contribution in [0.5, 0.6) is 0 Å². The van der Waals surface area contributed by atoms with Crippen molar-refractivity contribution in [1.82, 2.24) is 5.32 Å². The van der Waals surface area contributed by atoms with Gasteiger partial charge in [0.15, 0.2) is 0 Å². The van der Waals surface area contributed by atoms with Crippen LogP contribution in [0.4, 0.5) is 13.2 Å². The van der Waals surface area contributed by atoms with Gasteiger partial charge in [0.2, 0.25) is 11.8 Å². The molecular weight excluding hydrogens is 469 g/mol. The summed E-state index contributed by atoms with van der Waals surface area (Å²) in [6.45, 7) is 11.5. The van der Waals surface area contributed by atoms with Gasteiger partial charge in [-0.15, -0.1) is 12.8 Å². The molecule has 0 bridgehead atoms. The molecular formula is C28H47F3N2O3. The number of allylic oxidation sites excluding steroid dienone is 4. The van der Waals surface area contributed by atoms with Crippen LogP contribution in [-0.2, 0) is 14.3 Å². The second-order valence-electron chi connectivity index (χ2n) is 7.13. The number of terminal acetylenes is 1. The van der Waals surface area contributed by atoms with Crippen LogP contribution < -0.4 is 5.32 Å². The lowest BCUT2D eigenvalue weighted by Crippen LogP contribution is -2.37. The zero-order valence-electron chi connectivity index (χ0n) is 23.4. The molecule has 1 N–H and O–H groups in total. The number of aliphatic imine (C=N–C) groups is 1. The predicted octanol–water partition coefficient (Wildman–Crippen LogP) is 7.06. The Labute approximate surface area is 217 Å². The van der Waals surface area contributed by atoms with Crippen molar-refractivity contribution >= 4 is 11.8 Å². The largest absolute Gasteiger partial charge is 0.483 e. The zero-order valence-corrected chi connectivity index (χ0v) is 23.4. The number of nitrogens with one attached hydrogen (secondary N) is 1. The Hall–Kier alpha value is -2.53. The number of ether oxygens (including phenoxy) is 2. The van der Waals surface area contributed by atoms with Crippen molar-refractivity contribution < 1.29 is 27.4 Å². The Morgan fingerprint density at radius 3 is 2.06 bits per heavy atom. The number of methoxy groups -OCH3 is 2. The summed E-state index contributed by atoms with van der Waals surface area (Å²) in [7, 11) is 3.10. The first-order valence-electron chi connectivity index (χ1n) is 12.6. The Kier molecular flexibility index (Phi) is 25.5. The summed E-state index contributed by atoms with van der Waals surface area (Å²) in [5, 5.41) is 2.81. The summed E-state index contributed by atoms with van der Waals surface area (Å²) in [5.41, 5.74) is -0.305. The highest BCUT2D eigenvalue weighted by atomic mass is 19.4. The molecule has 0 atom stereocenters. The van der Waals surface area contributed by atoms with E-state index in [4.69, 9.17) is 9.47 Å². The molecule has 1 fully saturated rings. The molecule has 0 aromatic rings. The number of hydrogen-bond donors (Lipinski definition) is 1. The summed E-state index contributed by atoms with van der Waals surface area (Å²) >= 11 is 0. The van der Waals surface area contributed by atoms with Crippen molar-refractivity contribution in [3.8, 4) is 12.8 Å². The van der Waals surface area contributed by atoms with Gasteiger partial charge in [0.25, 0.3) is 0 Å². The summed E-state index contributed by atoms with van der Waals surface area (Å²) in [5.74, 6) is 0.127. The van der Waals surface area contributed by atoms with Crippen molar-refractivity contribution in [1.29, 1.82) is 0 Å². The first-order chi connectivity index (χ1) is 17.2. The molecule has 8 heteroatoms. The molecule has 0 aromatic heterocycles. The summed E-state index contributed by atoms with van der Waals surface area (Å²) in [6, 6.07) is 0. The van der Waals surface area contributed by atoms with Crippen LogP contribution in [0, 0.1) is 18.8 Å². The molecule has 208 valence electrons. The Morgan fingerprint density at radius 2 is 1.64 bits per heavy atom. The second-order valence-corrected chi connectivity index (χ2v) is 7.13. The Balaban J connectivity index is -0.00000168. The fourth-order valence-corrected chi connectivity index (χ4v) is 3.28. The second kappa shape index (κ2) is 24.2. The third-order valence-corrected chi connectivity index (χ3v) is 4.94. The Morgan fingerprint density at radius 1 is 1.08 bits per heavy atom. The fraction of sp³-hybridized carbons (Fsp3) is 0.643. The van der Waals surface area contributed by atoms with E-state index in [2.05, 4.69) is 23.2 Å².